The van der Waals surface area contributed by atoms with Gasteiger partial charge in [-0.15, -0.1) is 0 Å². The molecule has 1 unspecified atom stereocenters. The minimum atomic E-state index is -0.592. The van der Waals surface area contributed by atoms with Crippen LogP contribution in [0, 0.1) is 5.92 Å². The summed E-state index contributed by atoms with van der Waals surface area (Å²) in [6, 6.07) is 16.2. The summed E-state index contributed by atoms with van der Waals surface area (Å²) < 4.78 is 0. The summed E-state index contributed by atoms with van der Waals surface area (Å²) in [4.78, 5) is 24.6. The van der Waals surface area contributed by atoms with Gasteiger partial charge in [-0.05, 0) is 35.6 Å². The number of nitrogens with one attached hydrogen (secondary N) is 3. The van der Waals surface area contributed by atoms with Crippen LogP contribution in [-0.4, -0.2) is 24.5 Å². The van der Waals surface area contributed by atoms with Gasteiger partial charge in [0.05, 0.1) is 0 Å². The minimum absolute atomic E-state index is 0.0250. The molecule has 0 spiro atoms. The highest BCUT2D eigenvalue weighted by atomic mass is 35.5. The highest BCUT2D eigenvalue weighted by molar-refractivity contribution is 6.30. The molecule has 0 bridgehead atoms. The molecule has 6 heteroatoms. The van der Waals surface area contributed by atoms with E-state index in [0.29, 0.717) is 24.5 Å². The van der Waals surface area contributed by atoms with Gasteiger partial charge in [0.2, 0.25) is 5.91 Å². The summed E-state index contributed by atoms with van der Waals surface area (Å²) in [7, 11) is 0. The van der Waals surface area contributed by atoms with Crippen LogP contribution in [0.4, 0.5) is 4.79 Å². The van der Waals surface area contributed by atoms with Crippen LogP contribution >= 0.6 is 11.6 Å². The van der Waals surface area contributed by atoms with Crippen molar-refractivity contribution in [3.8, 4) is 0 Å². The largest absolute Gasteiger partial charge is 0.354 e. The van der Waals surface area contributed by atoms with Gasteiger partial charge in [-0.1, -0.05) is 67.9 Å². The summed E-state index contributed by atoms with van der Waals surface area (Å²) in [5, 5.41) is 9.13. The van der Waals surface area contributed by atoms with Gasteiger partial charge in [-0.3, -0.25) is 4.79 Å². The van der Waals surface area contributed by atoms with E-state index in [1.165, 1.54) is 0 Å². The third kappa shape index (κ3) is 7.31. The van der Waals surface area contributed by atoms with E-state index in [1.54, 1.807) is 0 Å². The van der Waals surface area contributed by atoms with Crippen molar-refractivity contribution in [3.63, 3.8) is 0 Å². The van der Waals surface area contributed by atoms with Gasteiger partial charge < -0.3 is 16.0 Å². The molecule has 3 amide bonds. The van der Waals surface area contributed by atoms with Gasteiger partial charge in [0.25, 0.3) is 0 Å². The normalized spacial score (nSPS) is 11.7. The van der Waals surface area contributed by atoms with E-state index in [2.05, 4.69) is 16.0 Å². The fourth-order valence-corrected chi connectivity index (χ4v) is 2.72. The van der Waals surface area contributed by atoms with Crippen LogP contribution in [0.15, 0.2) is 54.6 Å². The lowest BCUT2D eigenvalue weighted by atomic mass is 10.0. The molecule has 0 heterocycles. The Labute approximate surface area is 165 Å². The van der Waals surface area contributed by atoms with Gasteiger partial charge in [0, 0.05) is 18.1 Å². The number of carbonyl (C=O) groups is 2. The maximum atomic E-state index is 12.5. The molecule has 2 aromatic carbocycles. The monoisotopic (exact) mass is 387 g/mol. The Hall–Kier alpha value is -2.53. The number of rotatable bonds is 8. The molecule has 0 aliphatic carbocycles. The van der Waals surface area contributed by atoms with E-state index < -0.39 is 6.04 Å². The molecule has 27 heavy (non-hydrogen) atoms. The highest BCUT2D eigenvalue weighted by Crippen LogP contribution is 2.09. The van der Waals surface area contributed by atoms with E-state index in [1.807, 2.05) is 68.4 Å². The molecule has 0 aromatic heterocycles. The minimum Gasteiger partial charge on any atom is -0.354 e. The van der Waals surface area contributed by atoms with Gasteiger partial charge in [0.15, 0.2) is 0 Å². The fourth-order valence-electron chi connectivity index (χ4n) is 2.60. The van der Waals surface area contributed by atoms with Crippen molar-refractivity contribution in [1.29, 1.82) is 0 Å². The van der Waals surface area contributed by atoms with Crippen molar-refractivity contribution in [2.45, 2.75) is 32.9 Å². The molecule has 144 valence electrons. The average molecular weight is 388 g/mol. The molecular weight excluding hydrogens is 362 g/mol. The lowest BCUT2D eigenvalue weighted by Crippen LogP contribution is -2.52. The van der Waals surface area contributed by atoms with E-state index in [4.69, 9.17) is 11.6 Å². The third-order valence-corrected chi connectivity index (χ3v) is 4.41. The number of hydrogen-bond donors (Lipinski definition) is 3. The third-order valence-electron chi connectivity index (χ3n) is 4.16. The summed E-state index contributed by atoms with van der Waals surface area (Å²) in [5.41, 5.74) is 2.09. The van der Waals surface area contributed by atoms with Crippen molar-refractivity contribution < 1.29 is 9.59 Å². The Balaban J connectivity index is 1.79. The molecule has 0 aliphatic heterocycles. The summed E-state index contributed by atoms with van der Waals surface area (Å²) in [6.07, 6.45) is 0.702. The first-order valence-corrected chi connectivity index (χ1v) is 9.44. The molecule has 0 saturated carbocycles. The standard InChI is InChI=1S/C21H26ClN3O2/c1-15(2)19(25-21(27)24-14-17-6-4-3-5-7-17)20(26)23-13-12-16-8-10-18(22)11-9-16/h3-11,15,19H,12-14H2,1-2H3,(H,23,26)(H2,24,25,27). The van der Waals surface area contributed by atoms with Gasteiger partial charge >= 0.3 is 6.03 Å². The van der Waals surface area contributed by atoms with Crippen LogP contribution in [-0.2, 0) is 17.8 Å². The molecule has 2 aromatic rings. The molecule has 1 atom stereocenters. The zero-order chi connectivity index (χ0) is 19.6. The topological polar surface area (TPSA) is 70.2 Å². The average Bonchev–Trinajstić information content (AvgIpc) is 2.66. The van der Waals surface area contributed by atoms with Gasteiger partial charge in [-0.25, -0.2) is 4.79 Å². The maximum Gasteiger partial charge on any atom is 0.315 e. The molecular formula is C21H26ClN3O2. The lowest BCUT2D eigenvalue weighted by Gasteiger charge is -2.22. The number of carbonyl (C=O) groups excluding carboxylic acids is 2. The fraction of sp³-hybridized carbons (Fsp3) is 0.333. The van der Waals surface area contributed by atoms with Crippen LogP contribution in [0.5, 0.6) is 0 Å². The van der Waals surface area contributed by atoms with Crippen molar-refractivity contribution in [2.75, 3.05) is 6.54 Å². The second-order valence-electron chi connectivity index (χ2n) is 6.70. The number of benzene rings is 2. The van der Waals surface area contributed by atoms with Crippen molar-refractivity contribution in [1.82, 2.24) is 16.0 Å². The number of urea groups is 1. The lowest BCUT2D eigenvalue weighted by molar-refractivity contribution is -0.123. The van der Waals surface area contributed by atoms with Crippen LogP contribution in [0.3, 0.4) is 0 Å². The number of halogens is 1. The second kappa shape index (κ2) is 10.6. The Kier molecular flexibility index (Phi) is 8.14. The molecule has 2 rings (SSSR count). The zero-order valence-corrected chi connectivity index (χ0v) is 16.4. The van der Waals surface area contributed by atoms with E-state index >= 15 is 0 Å². The Morgan fingerprint density at radius 1 is 0.926 bits per heavy atom. The van der Waals surface area contributed by atoms with Crippen molar-refractivity contribution >= 4 is 23.5 Å². The Bertz CT molecular complexity index is 733. The van der Waals surface area contributed by atoms with Crippen LogP contribution < -0.4 is 16.0 Å². The maximum absolute atomic E-state index is 12.5. The van der Waals surface area contributed by atoms with Crippen molar-refractivity contribution in [3.05, 3.63) is 70.7 Å². The molecule has 0 saturated heterocycles. The summed E-state index contributed by atoms with van der Waals surface area (Å²) in [6.45, 7) is 4.72. The molecule has 5 nitrogen and oxygen atoms in total. The first-order valence-electron chi connectivity index (χ1n) is 9.06. The van der Waals surface area contributed by atoms with Gasteiger partial charge in [0.1, 0.15) is 6.04 Å². The Morgan fingerprint density at radius 3 is 2.22 bits per heavy atom. The SMILES string of the molecule is CC(C)C(NC(=O)NCc1ccccc1)C(=O)NCCc1ccc(Cl)cc1. The van der Waals surface area contributed by atoms with E-state index in [-0.39, 0.29) is 17.9 Å². The predicted molar refractivity (Wildman–Crippen MR) is 109 cm³/mol. The quantitative estimate of drug-likeness (QED) is 0.648. The van der Waals surface area contributed by atoms with E-state index in [0.717, 1.165) is 11.1 Å². The van der Waals surface area contributed by atoms with Crippen LogP contribution in [0.2, 0.25) is 5.02 Å². The molecule has 0 radical (unpaired) electrons. The zero-order valence-electron chi connectivity index (χ0n) is 15.7. The Morgan fingerprint density at radius 2 is 1.59 bits per heavy atom. The molecule has 0 aliphatic rings. The summed E-state index contributed by atoms with van der Waals surface area (Å²) in [5.74, 6) is -0.211. The number of amides is 3. The first-order chi connectivity index (χ1) is 13.0. The number of hydrogen-bond acceptors (Lipinski definition) is 2. The van der Waals surface area contributed by atoms with Crippen molar-refractivity contribution in [2.24, 2.45) is 5.92 Å². The predicted octanol–water partition coefficient (Wildman–Crippen LogP) is 3.52. The highest BCUT2D eigenvalue weighted by Gasteiger charge is 2.23. The van der Waals surface area contributed by atoms with Crippen LogP contribution in [0.25, 0.3) is 0 Å². The summed E-state index contributed by atoms with van der Waals surface area (Å²) >= 11 is 5.87. The smallest absolute Gasteiger partial charge is 0.315 e. The van der Waals surface area contributed by atoms with Gasteiger partial charge in [-0.2, -0.15) is 0 Å². The first kappa shape index (κ1) is 20.8. The van der Waals surface area contributed by atoms with E-state index in [9.17, 15) is 9.59 Å². The van der Waals surface area contributed by atoms with Crippen LogP contribution in [0.1, 0.15) is 25.0 Å². The molecule has 3 N–H and O–H groups in total. The molecule has 0 fully saturated rings. The second-order valence-corrected chi connectivity index (χ2v) is 7.14.